The number of nitrogens with zero attached hydrogens (tertiary/aromatic N) is 1. The summed E-state index contributed by atoms with van der Waals surface area (Å²) in [5.41, 5.74) is 1.83. The highest BCUT2D eigenvalue weighted by Gasteiger charge is 2.22. The van der Waals surface area contributed by atoms with Crippen molar-refractivity contribution in [2.24, 2.45) is 0 Å². The van der Waals surface area contributed by atoms with Crippen LogP contribution >= 0.6 is 11.8 Å². The van der Waals surface area contributed by atoms with Crippen LogP contribution in [0, 0.1) is 0 Å². The summed E-state index contributed by atoms with van der Waals surface area (Å²) in [7, 11) is 0. The van der Waals surface area contributed by atoms with Gasteiger partial charge in [-0.05, 0) is 31.4 Å². The highest BCUT2D eigenvalue weighted by Crippen LogP contribution is 2.32. The molecule has 2 heterocycles. The molecule has 2 aliphatic rings. The lowest BCUT2D eigenvalue weighted by molar-refractivity contribution is 0.102. The molecule has 0 spiro atoms. The van der Waals surface area contributed by atoms with Gasteiger partial charge in [-0.2, -0.15) is 0 Å². The minimum absolute atomic E-state index is 0.218. The Morgan fingerprint density at radius 2 is 1.89 bits per heavy atom. The van der Waals surface area contributed by atoms with Gasteiger partial charge in [0.05, 0.1) is 0 Å². The largest absolute Gasteiger partial charge is 0.377 e. The second kappa shape index (κ2) is 5.19. The molecule has 0 unspecified atom stereocenters. The number of fused-ring (bicyclic) bond motifs is 1. The molecule has 94 valence electrons. The van der Waals surface area contributed by atoms with E-state index in [9.17, 15) is 4.79 Å². The SMILES string of the molecule is O=C1/C(=C/N2CCCCC2)CSc2ccccc21. The van der Waals surface area contributed by atoms with E-state index in [1.54, 1.807) is 11.8 Å². The van der Waals surface area contributed by atoms with Crippen LogP contribution in [0.15, 0.2) is 40.9 Å². The fraction of sp³-hybridized carbons (Fsp3) is 0.400. The second-order valence-corrected chi connectivity index (χ2v) is 5.88. The zero-order valence-electron chi connectivity index (χ0n) is 10.4. The number of ketones is 1. The van der Waals surface area contributed by atoms with Gasteiger partial charge in [0.15, 0.2) is 5.78 Å². The summed E-state index contributed by atoms with van der Waals surface area (Å²) in [6.45, 7) is 2.20. The lowest BCUT2D eigenvalue weighted by atomic mass is 10.0. The van der Waals surface area contributed by atoms with Crippen molar-refractivity contribution in [2.75, 3.05) is 18.8 Å². The van der Waals surface area contributed by atoms with E-state index < -0.39 is 0 Å². The molecule has 1 aromatic rings. The third kappa shape index (κ3) is 2.32. The summed E-state index contributed by atoms with van der Waals surface area (Å²) >= 11 is 1.77. The first-order valence-corrected chi connectivity index (χ1v) is 7.54. The van der Waals surface area contributed by atoms with Crippen molar-refractivity contribution >= 4 is 17.5 Å². The molecule has 1 saturated heterocycles. The van der Waals surface area contributed by atoms with Crippen LogP contribution in [0.3, 0.4) is 0 Å². The van der Waals surface area contributed by atoms with E-state index in [0.717, 1.165) is 34.9 Å². The van der Waals surface area contributed by atoms with E-state index in [1.165, 1.54) is 19.3 Å². The summed E-state index contributed by atoms with van der Waals surface area (Å²) in [5, 5.41) is 0. The number of Topliss-reactive ketones (excluding diaryl/α,β-unsaturated/α-hetero) is 1. The quantitative estimate of drug-likeness (QED) is 0.721. The zero-order valence-corrected chi connectivity index (χ0v) is 11.2. The first-order valence-electron chi connectivity index (χ1n) is 6.56. The summed E-state index contributed by atoms with van der Waals surface area (Å²) in [5.74, 6) is 1.03. The summed E-state index contributed by atoms with van der Waals surface area (Å²) in [6.07, 6.45) is 5.93. The molecule has 1 aromatic carbocycles. The molecule has 0 amide bonds. The number of rotatable bonds is 1. The minimum Gasteiger partial charge on any atom is -0.377 e. The highest BCUT2D eigenvalue weighted by atomic mass is 32.2. The van der Waals surface area contributed by atoms with Crippen molar-refractivity contribution in [3.63, 3.8) is 0 Å². The molecule has 0 N–H and O–H groups in total. The van der Waals surface area contributed by atoms with Gasteiger partial charge in [0, 0.05) is 41.1 Å². The fourth-order valence-corrected chi connectivity index (χ4v) is 3.55. The van der Waals surface area contributed by atoms with Crippen molar-refractivity contribution in [1.29, 1.82) is 0 Å². The van der Waals surface area contributed by atoms with E-state index in [1.807, 2.05) is 24.3 Å². The van der Waals surface area contributed by atoms with Crippen LogP contribution in [0.1, 0.15) is 29.6 Å². The Morgan fingerprint density at radius 3 is 2.72 bits per heavy atom. The van der Waals surface area contributed by atoms with Gasteiger partial charge in [0.1, 0.15) is 0 Å². The van der Waals surface area contributed by atoms with Crippen molar-refractivity contribution in [2.45, 2.75) is 24.2 Å². The van der Waals surface area contributed by atoms with E-state index in [0.29, 0.717) is 0 Å². The van der Waals surface area contributed by atoms with Crippen molar-refractivity contribution < 1.29 is 4.79 Å². The lowest BCUT2D eigenvalue weighted by Gasteiger charge is -2.27. The van der Waals surface area contributed by atoms with Gasteiger partial charge < -0.3 is 4.90 Å². The van der Waals surface area contributed by atoms with Gasteiger partial charge >= 0.3 is 0 Å². The van der Waals surface area contributed by atoms with Crippen molar-refractivity contribution in [3.8, 4) is 0 Å². The Balaban J connectivity index is 1.83. The van der Waals surface area contributed by atoms with Gasteiger partial charge in [-0.25, -0.2) is 0 Å². The molecule has 1 fully saturated rings. The average molecular weight is 259 g/mol. The van der Waals surface area contributed by atoms with Crippen LogP contribution in [0.25, 0.3) is 0 Å². The Bertz CT molecular complexity index is 489. The number of thioether (sulfide) groups is 1. The van der Waals surface area contributed by atoms with Crippen molar-refractivity contribution in [1.82, 2.24) is 4.90 Å². The lowest BCUT2D eigenvalue weighted by Crippen LogP contribution is -2.26. The van der Waals surface area contributed by atoms with Gasteiger partial charge in [0.2, 0.25) is 0 Å². The normalized spacial score (nSPS) is 22.1. The van der Waals surface area contributed by atoms with Crippen LogP contribution in [0.2, 0.25) is 0 Å². The molecule has 0 aromatic heterocycles. The van der Waals surface area contributed by atoms with E-state index >= 15 is 0 Å². The van der Waals surface area contributed by atoms with Gasteiger partial charge in [0.25, 0.3) is 0 Å². The molecule has 0 atom stereocenters. The average Bonchev–Trinajstić information content (AvgIpc) is 2.43. The van der Waals surface area contributed by atoms with E-state index in [-0.39, 0.29) is 5.78 Å². The third-order valence-electron chi connectivity index (χ3n) is 3.54. The molecular weight excluding hydrogens is 242 g/mol. The second-order valence-electron chi connectivity index (χ2n) is 4.86. The molecule has 2 aliphatic heterocycles. The maximum atomic E-state index is 12.4. The molecule has 0 radical (unpaired) electrons. The van der Waals surface area contributed by atoms with E-state index in [4.69, 9.17) is 0 Å². The molecule has 2 nitrogen and oxygen atoms in total. The maximum absolute atomic E-state index is 12.4. The molecule has 0 bridgehead atoms. The summed E-state index contributed by atoms with van der Waals surface area (Å²) in [4.78, 5) is 15.8. The minimum atomic E-state index is 0.218. The maximum Gasteiger partial charge on any atom is 0.192 e. The van der Waals surface area contributed by atoms with Gasteiger partial charge in [-0.3, -0.25) is 4.79 Å². The summed E-state index contributed by atoms with van der Waals surface area (Å²) < 4.78 is 0. The highest BCUT2D eigenvalue weighted by molar-refractivity contribution is 7.99. The predicted molar refractivity (Wildman–Crippen MR) is 75.0 cm³/mol. The zero-order chi connectivity index (χ0) is 12.4. The van der Waals surface area contributed by atoms with E-state index in [2.05, 4.69) is 11.1 Å². The monoisotopic (exact) mass is 259 g/mol. The molecule has 3 rings (SSSR count). The number of carbonyl (C=O) groups excluding carboxylic acids is 1. The number of piperidine rings is 1. The Morgan fingerprint density at radius 1 is 1.11 bits per heavy atom. The standard InChI is InChI=1S/C15H17NOS/c17-15-12(10-16-8-4-1-5-9-16)11-18-14-7-3-2-6-13(14)15/h2-3,6-7,10H,1,4-5,8-9,11H2/b12-10+. The number of carbonyl (C=O) groups is 1. The van der Waals surface area contributed by atoms with Crippen LogP contribution in [-0.4, -0.2) is 29.5 Å². The van der Waals surface area contributed by atoms with Crippen LogP contribution < -0.4 is 0 Å². The molecule has 0 aliphatic carbocycles. The Labute approximate surface area is 112 Å². The fourth-order valence-electron chi connectivity index (χ4n) is 2.54. The molecular formula is C15H17NOS. The molecule has 3 heteroatoms. The molecule has 0 saturated carbocycles. The number of benzene rings is 1. The first-order chi connectivity index (χ1) is 8.84. The molecule has 18 heavy (non-hydrogen) atoms. The summed E-state index contributed by atoms with van der Waals surface area (Å²) in [6, 6.07) is 7.92. The first kappa shape index (κ1) is 11.8. The third-order valence-corrected chi connectivity index (χ3v) is 4.66. The van der Waals surface area contributed by atoms with Gasteiger partial charge in [-0.15, -0.1) is 11.8 Å². The van der Waals surface area contributed by atoms with Crippen LogP contribution in [0.5, 0.6) is 0 Å². The number of likely N-dealkylation sites (tertiary alicyclic amines) is 1. The van der Waals surface area contributed by atoms with Crippen LogP contribution in [-0.2, 0) is 0 Å². The number of hydrogen-bond acceptors (Lipinski definition) is 3. The Kier molecular flexibility index (Phi) is 3.41. The van der Waals surface area contributed by atoms with Gasteiger partial charge in [-0.1, -0.05) is 12.1 Å². The smallest absolute Gasteiger partial charge is 0.192 e. The predicted octanol–water partition coefficient (Wildman–Crippen LogP) is 3.34. The topological polar surface area (TPSA) is 20.3 Å². The van der Waals surface area contributed by atoms with Crippen molar-refractivity contribution in [3.05, 3.63) is 41.6 Å². The van der Waals surface area contributed by atoms with Crippen LogP contribution in [0.4, 0.5) is 0 Å². The number of hydrogen-bond donors (Lipinski definition) is 0. The Hall–Kier alpha value is -1.22.